The maximum Gasteiger partial charge on any atom is 0.330 e. The van der Waals surface area contributed by atoms with Gasteiger partial charge in [-0.3, -0.25) is 4.90 Å². The van der Waals surface area contributed by atoms with Crippen molar-refractivity contribution in [3.8, 4) is 5.75 Å². The predicted octanol–water partition coefficient (Wildman–Crippen LogP) is 2.60. The topological polar surface area (TPSA) is 53.0 Å². The Morgan fingerprint density at radius 2 is 1.60 bits per heavy atom. The summed E-state index contributed by atoms with van der Waals surface area (Å²) in [5, 5.41) is 9.44. The van der Waals surface area contributed by atoms with Crippen molar-refractivity contribution >= 4 is 11.7 Å². The second-order valence-corrected chi connectivity index (χ2v) is 6.42. The van der Waals surface area contributed by atoms with Gasteiger partial charge in [-0.05, 0) is 36.8 Å². The summed E-state index contributed by atoms with van der Waals surface area (Å²) in [4.78, 5) is 17.1. The van der Waals surface area contributed by atoms with E-state index in [9.17, 15) is 9.90 Å². The Balaban J connectivity index is 1.79. The van der Waals surface area contributed by atoms with Crippen LogP contribution in [0.3, 0.4) is 0 Å². The van der Waals surface area contributed by atoms with Gasteiger partial charge in [0.1, 0.15) is 11.3 Å². The van der Waals surface area contributed by atoms with E-state index >= 15 is 0 Å². The van der Waals surface area contributed by atoms with Crippen LogP contribution >= 0.6 is 0 Å². The Kier molecular flexibility index (Phi) is 4.95. The molecule has 0 radical (unpaired) electrons. The number of carbonyl (C=O) groups excluding carboxylic acids is 1. The molecule has 0 spiro atoms. The molecule has 1 atom stereocenters. The van der Waals surface area contributed by atoms with Crippen LogP contribution in [0.25, 0.3) is 0 Å². The van der Waals surface area contributed by atoms with E-state index in [1.807, 2.05) is 49.4 Å². The molecule has 0 aliphatic carbocycles. The lowest BCUT2D eigenvalue weighted by molar-refractivity contribution is -0.155. The molecule has 5 heteroatoms. The molecule has 1 aliphatic heterocycles. The van der Waals surface area contributed by atoms with Gasteiger partial charge < -0.3 is 14.7 Å². The number of phenolic OH excluding ortho intramolecular Hbond substituents is 1. The standard InChI is InChI=1S/C20H24N2O3/c1-20(19(24)25-2,16-6-4-3-5-7-16)22-14-12-21(13-15-22)17-8-10-18(23)11-9-17/h3-11,23H,12-15H2,1-2H3. The second kappa shape index (κ2) is 7.15. The van der Waals surface area contributed by atoms with E-state index in [1.54, 1.807) is 12.1 Å². The average Bonchev–Trinajstić information content (AvgIpc) is 2.68. The molecule has 25 heavy (non-hydrogen) atoms. The van der Waals surface area contributed by atoms with Crippen LogP contribution in [0.4, 0.5) is 5.69 Å². The third-order valence-corrected chi connectivity index (χ3v) is 5.05. The zero-order valence-corrected chi connectivity index (χ0v) is 14.7. The van der Waals surface area contributed by atoms with E-state index in [4.69, 9.17) is 4.74 Å². The molecule has 1 aliphatic rings. The van der Waals surface area contributed by atoms with E-state index in [1.165, 1.54) is 7.11 Å². The lowest BCUT2D eigenvalue weighted by atomic mass is 9.89. The summed E-state index contributed by atoms with van der Waals surface area (Å²) in [7, 11) is 1.44. The van der Waals surface area contributed by atoms with Crippen LogP contribution in [0, 0.1) is 0 Å². The van der Waals surface area contributed by atoms with Crippen molar-refractivity contribution in [1.82, 2.24) is 4.90 Å². The normalized spacial score (nSPS) is 17.8. The van der Waals surface area contributed by atoms with E-state index in [0.29, 0.717) is 0 Å². The molecule has 5 nitrogen and oxygen atoms in total. The molecule has 1 unspecified atom stereocenters. The quantitative estimate of drug-likeness (QED) is 0.867. The van der Waals surface area contributed by atoms with Gasteiger partial charge in [0, 0.05) is 31.9 Å². The van der Waals surface area contributed by atoms with Gasteiger partial charge >= 0.3 is 5.97 Å². The fraction of sp³-hybridized carbons (Fsp3) is 0.350. The van der Waals surface area contributed by atoms with Crippen molar-refractivity contribution in [2.75, 3.05) is 38.2 Å². The van der Waals surface area contributed by atoms with Gasteiger partial charge in [0.15, 0.2) is 0 Å². The molecule has 1 fully saturated rings. The molecule has 1 heterocycles. The number of rotatable bonds is 4. The summed E-state index contributed by atoms with van der Waals surface area (Å²) in [6.07, 6.45) is 0. The molecule has 0 amide bonds. The second-order valence-electron chi connectivity index (χ2n) is 6.42. The number of hydrogen-bond donors (Lipinski definition) is 1. The molecular formula is C20H24N2O3. The smallest absolute Gasteiger partial charge is 0.330 e. The van der Waals surface area contributed by atoms with Crippen LogP contribution in [0.15, 0.2) is 54.6 Å². The molecule has 1 saturated heterocycles. The van der Waals surface area contributed by atoms with Crippen molar-refractivity contribution in [3.63, 3.8) is 0 Å². The predicted molar refractivity (Wildman–Crippen MR) is 97.7 cm³/mol. The summed E-state index contributed by atoms with van der Waals surface area (Å²) < 4.78 is 5.13. The fourth-order valence-corrected chi connectivity index (χ4v) is 3.47. The number of esters is 1. The molecule has 0 aromatic heterocycles. The van der Waals surface area contributed by atoms with Crippen LogP contribution in [-0.4, -0.2) is 49.3 Å². The number of hydrogen-bond acceptors (Lipinski definition) is 5. The summed E-state index contributed by atoms with van der Waals surface area (Å²) in [6, 6.07) is 17.0. The van der Waals surface area contributed by atoms with Crippen LogP contribution < -0.4 is 4.90 Å². The van der Waals surface area contributed by atoms with Crippen molar-refractivity contribution in [2.24, 2.45) is 0 Å². The molecule has 1 N–H and O–H groups in total. The Morgan fingerprint density at radius 1 is 1.00 bits per heavy atom. The number of anilines is 1. The van der Waals surface area contributed by atoms with E-state index < -0.39 is 5.54 Å². The van der Waals surface area contributed by atoms with Gasteiger partial charge in [-0.1, -0.05) is 30.3 Å². The minimum absolute atomic E-state index is 0.239. The van der Waals surface area contributed by atoms with Gasteiger partial charge in [-0.25, -0.2) is 4.79 Å². The first-order chi connectivity index (χ1) is 12.1. The molecule has 0 bridgehead atoms. The van der Waals surface area contributed by atoms with Gasteiger partial charge in [-0.15, -0.1) is 0 Å². The summed E-state index contributed by atoms with van der Waals surface area (Å²) in [5.41, 5.74) is 1.23. The molecule has 0 saturated carbocycles. The number of methoxy groups -OCH3 is 1. The highest BCUT2D eigenvalue weighted by molar-refractivity contribution is 5.82. The summed E-state index contributed by atoms with van der Waals surface area (Å²) in [5.74, 6) is 0.0292. The van der Waals surface area contributed by atoms with Crippen LogP contribution in [-0.2, 0) is 15.1 Å². The maximum absolute atomic E-state index is 12.6. The molecule has 2 aromatic rings. The monoisotopic (exact) mass is 340 g/mol. The third-order valence-electron chi connectivity index (χ3n) is 5.05. The summed E-state index contributed by atoms with van der Waals surface area (Å²) in [6.45, 7) is 5.06. The highest BCUT2D eigenvalue weighted by Crippen LogP contribution is 2.31. The van der Waals surface area contributed by atoms with E-state index in [-0.39, 0.29) is 11.7 Å². The number of ether oxygens (including phenoxy) is 1. The zero-order valence-electron chi connectivity index (χ0n) is 14.7. The average molecular weight is 340 g/mol. The highest BCUT2D eigenvalue weighted by atomic mass is 16.5. The fourth-order valence-electron chi connectivity index (χ4n) is 3.47. The Labute approximate surface area is 148 Å². The number of benzene rings is 2. The number of nitrogens with zero attached hydrogens (tertiary/aromatic N) is 2. The molecular weight excluding hydrogens is 316 g/mol. The van der Waals surface area contributed by atoms with Crippen molar-refractivity contribution in [3.05, 3.63) is 60.2 Å². The maximum atomic E-state index is 12.6. The Morgan fingerprint density at radius 3 is 2.16 bits per heavy atom. The van der Waals surface area contributed by atoms with Crippen molar-refractivity contribution in [1.29, 1.82) is 0 Å². The minimum atomic E-state index is -0.795. The number of aromatic hydroxyl groups is 1. The van der Waals surface area contributed by atoms with Gasteiger partial charge in [0.2, 0.25) is 0 Å². The SMILES string of the molecule is COC(=O)C(C)(c1ccccc1)N1CCN(c2ccc(O)cc2)CC1. The van der Waals surface area contributed by atoms with Gasteiger partial charge in [0.25, 0.3) is 0 Å². The van der Waals surface area contributed by atoms with Crippen LogP contribution in [0.5, 0.6) is 5.75 Å². The van der Waals surface area contributed by atoms with Gasteiger partial charge in [0.05, 0.1) is 7.11 Å². The highest BCUT2D eigenvalue weighted by Gasteiger charge is 2.43. The van der Waals surface area contributed by atoms with Crippen molar-refractivity contribution in [2.45, 2.75) is 12.5 Å². The lowest BCUT2D eigenvalue weighted by Crippen LogP contribution is -2.58. The number of phenols is 1. The first-order valence-corrected chi connectivity index (χ1v) is 8.48. The number of piperazine rings is 1. The van der Waals surface area contributed by atoms with E-state index in [0.717, 1.165) is 37.4 Å². The van der Waals surface area contributed by atoms with Crippen LogP contribution in [0.1, 0.15) is 12.5 Å². The lowest BCUT2D eigenvalue weighted by Gasteiger charge is -2.44. The van der Waals surface area contributed by atoms with Crippen molar-refractivity contribution < 1.29 is 14.6 Å². The Bertz CT molecular complexity index is 709. The first kappa shape index (κ1) is 17.3. The Hall–Kier alpha value is -2.53. The zero-order chi connectivity index (χ0) is 17.9. The van der Waals surface area contributed by atoms with E-state index in [2.05, 4.69) is 9.80 Å². The molecule has 132 valence electrons. The largest absolute Gasteiger partial charge is 0.508 e. The first-order valence-electron chi connectivity index (χ1n) is 8.48. The summed E-state index contributed by atoms with van der Waals surface area (Å²) >= 11 is 0. The number of carbonyl (C=O) groups is 1. The molecule has 3 rings (SSSR count). The van der Waals surface area contributed by atoms with Crippen LogP contribution in [0.2, 0.25) is 0 Å². The third kappa shape index (κ3) is 3.33. The van der Waals surface area contributed by atoms with Gasteiger partial charge in [-0.2, -0.15) is 0 Å². The molecule has 2 aromatic carbocycles. The minimum Gasteiger partial charge on any atom is -0.508 e.